The van der Waals surface area contributed by atoms with Crippen molar-refractivity contribution in [3.8, 4) is 0 Å². The molecule has 3 nitrogen and oxygen atoms in total. The number of para-hydroxylation sites is 2. The summed E-state index contributed by atoms with van der Waals surface area (Å²) in [7, 11) is 4.07. The van der Waals surface area contributed by atoms with E-state index in [1.165, 1.54) is 0 Å². The van der Waals surface area contributed by atoms with Crippen molar-refractivity contribution >= 4 is 11.0 Å². The lowest BCUT2D eigenvalue weighted by Crippen LogP contribution is -2.11. The van der Waals surface area contributed by atoms with Crippen LogP contribution in [-0.2, 0) is 6.54 Å². The average Bonchev–Trinajstić information content (AvgIpc) is 2.44. The van der Waals surface area contributed by atoms with Gasteiger partial charge in [0.15, 0.2) is 0 Å². The second kappa shape index (κ2) is 3.18. The highest BCUT2D eigenvalue weighted by Crippen LogP contribution is 2.10. The van der Waals surface area contributed by atoms with Gasteiger partial charge in [-0.25, -0.2) is 4.98 Å². The monoisotopic (exact) mass is 175 g/mol. The van der Waals surface area contributed by atoms with Crippen molar-refractivity contribution in [2.75, 3.05) is 14.1 Å². The number of fused-ring (bicyclic) bond motifs is 1. The summed E-state index contributed by atoms with van der Waals surface area (Å²) >= 11 is 0. The summed E-state index contributed by atoms with van der Waals surface area (Å²) in [5.41, 5.74) is 2.15. The van der Waals surface area contributed by atoms with E-state index in [0.29, 0.717) is 0 Å². The minimum absolute atomic E-state index is 0.856. The van der Waals surface area contributed by atoms with Crippen LogP contribution in [0, 0.1) is 0 Å². The van der Waals surface area contributed by atoms with E-state index in [9.17, 15) is 0 Å². The number of benzene rings is 1. The van der Waals surface area contributed by atoms with Crippen LogP contribution in [0.15, 0.2) is 24.3 Å². The molecule has 0 amide bonds. The zero-order chi connectivity index (χ0) is 9.26. The van der Waals surface area contributed by atoms with Crippen LogP contribution < -0.4 is 0 Å². The van der Waals surface area contributed by atoms with Crippen LogP contribution >= 0.6 is 0 Å². The zero-order valence-electron chi connectivity index (χ0n) is 7.91. The molecule has 0 aliphatic rings. The van der Waals surface area contributed by atoms with Crippen molar-refractivity contribution in [3.05, 3.63) is 30.1 Å². The third kappa shape index (κ3) is 1.70. The van der Waals surface area contributed by atoms with Gasteiger partial charge in [-0.2, -0.15) is 0 Å². The number of aromatic amines is 1. The van der Waals surface area contributed by atoms with Gasteiger partial charge in [0.25, 0.3) is 0 Å². The Balaban J connectivity index is 2.38. The lowest BCUT2D eigenvalue weighted by Gasteiger charge is -2.04. The number of aromatic nitrogens is 2. The van der Waals surface area contributed by atoms with Gasteiger partial charge in [-0.15, -0.1) is 0 Å². The molecule has 0 radical (unpaired) electrons. The van der Waals surface area contributed by atoms with Crippen LogP contribution in [0.25, 0.3) is 11.0 Å². The van der Waals surface area contributed by atoms with Gasteiger partial charge >= 0.3 is 0 Å². The SMILES string of the molecule is CN(C)Cc1nc2ccccc2[nH]1. The minimum atomic E-state index is 0.856. The third-order valence-corrected chi connectivity index (χ3v) is 1.90. The van der Waals surface area contributed by atoms with Gasteiger partial charge < -0.3 is 9.88 Å². The maximum Gasteiger partial charge on any atom is 0.121 e. The normalized spacial score (nSPS) is 11.3. The van der Waals surface area contributed by atoms with E-state index in [2.05, 4.69) is 14.9 Å². The zero-order valence-corrected chi connectivity index (χ0v) is 7.91. The Kier molecular flexibility index (Phi) is 2.02. The van der Waals surface area contributed by atoms with Crippen LogP contribution in [0.3, 0.4) is 0 Å². The summed E-state index contributed by atoms with van der Waals surface area (Å²) in [4.78, 5) is 9.82. The number of rotatable bonds is 2. The van der Waals surface area contributed by atoms with Crippen LogP contribution in [0.5, 0.6) is 0 Å². The highest BCUT2D eigenvalue weighted by molar-refractivity contribution is 5.74. The van der Waals surface area contributed by atoms with E-state index < -0.39 is 0 Å². The molecule has 0 unspecified atom stereocenters. The highest BCUT2D eigenvalue weighted by atomic mass is 15.1. The molecule has 0 aliphatic carbocycles. The van der Waals surface area contributed by atoms with Gasteiger partial charge in [-0.3, -0.25) is 0 Å². The van der Waals surface area contributed by atoms with Crippen molar-refractivity contribution < 1.29 is 0 Å². The number of hydrogen-bond donors (Lipinski definition) is 1. The van der Waals surface area contributed by atoms with Crippen LogP contribution in [0.1, 0.15) is 5.82 Å². The lowest BCUT2D eigenvalue weighted by atomic mass is 10.3. The Hall–Kier alpha value is -1.35. The van der Waals surface area contributed by atoms with E-state index >= 15 is 0 Å². The Morgan fingerprint density at radius 2 is 2.08 bits per heavy atom. The van der Waals surface area contributed by atoms with Gasteiger partial charge in [0.2, 0.25) is 0 Å². The molecule has 0 fully saturated rings. The first-order valence-corrected chi connectivity index (χ1v) is 4.34. The Morgan fingerprint density at radius 1 is 1.31 bits per heavy atom. The fraction of sp³-hybridized carbons (Fsp3) is 0.300. The van der Waals surface area contributed by atoms with Gasteiger partial charge in [0, 0.05) is 0 Å². The first-order chi connectivity index (χ1) is 6.25. The van der Waals surface area contributed by atoms with E-state index in [-0.39, 0.29) is 0 Å². The predicted molar refractivity (Wildman–Crippen MR) is 53.5 cm³/mol. The molecular weight excluding hydrogens is 162 g/mol. The summed E-state index contributed by atoms with van der Waals surface area (Å²) in [5, 5.41) is 0. The van der Waals surface area contributed by atoms with Crippen LogP contribution in [-0.4, -0.2) is 29.0 Å². The third-order valence-electron chi connectivity index (χ3n) is 1.90. The maximum absolute atomic E-state index is 4.46. The van der Waals surface area contributed by atoms with Crippen LogP contribution in [0.4, 0.5) is 0 Å². The second-order valence-electron chi connectivity index (χ2n) is 3.44. The molecule has 2 aromatic rings. The maximum atomic E-state index is 4.46. The second-order valence-corrected chi connectivity index (χ2v) is 3.44. The van der Waals surface area contributed by atoms with E-state index in [4.69, 9.17) is 0 Å². The van der Waals surface area contributed by atoms with E-state index in [1.807, 2.05) is 38.4 Å². The minimum Gasteiger partial charge on any atom is -0.341 e. The van der Waals surface area contributed by atoms with Crippen molar-refractivity contribution in [1.29, 1.82) is 0 Å². The van der Waals surface area contributed by atoms with Crippen molar-refractivity contribution in [2.45, 2.75) is 6.54 Å². The molecule has 0 saturated carbocycles. The van der Waals surface area contributed by atoms with E-state index in [1.54, 1.807) is 0 Å². The molecular formula is C10H13N3. The Morgan fingerprint density at radius 3 is 2.77 bits per heavy atom. The number of nitrogens with one attached hydrogen (secondary N) is 1. The Labute approximate surface area is 77.4 Å². The molecule has 1 N–H and O–H groups in total. The molecule has 0 spiro atoms. The molecule has 13 heavy (non-hydrogen) atoms. The molecule has 2 rings (SSSR count). The average molecular weight is 175 g/mol. The molecule has 1 heterocycles. The summed E-state index contributed by atoms with van der Waals surface area (Å²) in [6, 6.07) is 8.08. The standard InChI is InChI=1S/C10H13N3/c1-13(2)7-10-11-8-5-3-4-6-9(8)12-10/h3-6H,7H2,1-2H3,(H,11,12). The molecule has 0 bridgehead atoms. The van der Waals surface area contributed by atoms with Crippen molar-refractivity contribution in [2.24, 2.45) is 0 Å². The molecule has 1 aromatic carbocycles. The first-order valence-electron chi connectivity index (χ1n) is 4.34. The lowest BCUT2D eigenvalue weighted by molar-refractivity contribution is 0.392. The fourth-order valence-electron chi connectivity index (χ4n) is 1.38. The molecule has 1 aromatic heterocycles. The molecule has 0 saturated heterocycles. The molecule has 3 heteroatoms. The quantitative estimate of drug-likeness (QED) is 0.752. The smallest absolute Gasteiger partial charge is 0.121 e. The van der Waals surface area contributed by atoms with Gasteiger partial charge in [0.05, 0.1) is 17.6 Å². The van der Waals surface area contributed by atoms with E-state index in [0.717, 1.165) is 23.4 Å². The van der Waals surface area contributed by atoms with Crippen LogP contribution in [0.2, 0.25) is 0 Å². The number of imidazole rings is 1. The van der Waals surface area contributed by atoms with Crippen molar-refractivity contribution in [1.82, 2.24) is 14.9 Å². The first kappa shape index (κ1) is 8.26. The van der Waals surface area contributed by atoms with Gasteiger partial charge in [0.1, 0.15) is 5.82 Å². The predicted octanol–water partition coefficient (Wildman–Crippen LogP) is 1.62. The fourth-order valence-corrected chi connectivity index (χ4v) is 1.38. The number of nitrogens with zero attached hydrogens (tertiary/aromatic N) is 2. The summed E-state index contributed by atoms with van der Waals surface area (Å²) in [5.74, 6) is 1.02. The van der Waals surface area contributed by atoms with Gasteiger partial charge in [-0.1, -0.05) is 12.1 Å². The summed E-state index contributed by atoms with van der Waals surface area (Å²) in [6.07, 6.45) is 0. The highest BCUT2D eigenvalue weighted by Gasteiger charge is 2.01. The summed E-state index contributed by atoms with van der Waals surface area (Å²) in [6.45, 7) is 0.856. The Bertz CT molecular complexity index is 370. The molecule has 0 atom stereocenters. The summed E-state index contributed by atoms with van der Waals surface area (Å²) < 4.78 is 0. The topological polar surface area (TPSA) is 31.9 Å². The molecule has 68 valence electrons. The van der Waals surface area contributed by atoms with Gasteiger partial charge in [-0.05, 0) is 26.2 Å². The molecule has 0 aliphatic heterocycles. The number of H-pyrrole nitrogens is 1. The van der Waals surface area contributed by atoms with Crippen molar-refractivity contribution in [3.63, 3.8) is 0 Å². The largest absolute Gasteiger partial charge is 0.341 e. The number of hydrogen-bond acceptors (Lipinski definition) is 2.